The summed E-state index contributed by atoms with van der Waals surface area (Å²) < 4.78 is 6.15. The molecule has 2 aliphatic rings. The molecule has 4 rings (SSSR count). The molecule has 0 spiro atoms. The van der Waals surface area contributed by atoms with Crippen LogP contribution in [0.3, 0.4) is 0 Å². The van der Waals surface area contributed by atoms with Crippen molar-refractivity contribution in [2.24, 2.45) is 10.9 Å². The molecule has 6 heteroatoms. The van der Waals surface area contributed by atoms with Gasteiger partial charge in [0.05, 0.1) is 35.6 Å². The van der Waals surface area contributed by atoms with E-state index in [9.17, 15) is 5.11 Å². The molecule has 2 aromatic carbocycles. The first kappa shape index (κ1) is 25.7. The van der Waals surface area contributed by atoms with Crippen molar-refractivity contribution in [1.29, 1.82) is 10.5 Å². The Bertz CT molecular complexity index is 1190. The topological polar surface area (TPSA) is 101 Å². The van der Waals surface area contributed by atoms with E-state index in [0.717, 1.165) is 52.4 Å². The molecule has 2 N–H and O–H groups in total. The highest BCUT2D eigenvalue weighted by atomic mass is 16.5. The Kier molecular flexibility index (Phi) is 9.23. The summed E-state index contributed by atoms with van der Waals surface area (Å²) in [6.45, 7) is 6.83. The molecule has 0 amide bonds. The summed E-state index contributed by atoms with van der Waals surface area (Å²) in [6.07, 6.45) is 2.71. The van der Waals surface area contributed by atoms with Gasteiger partial charge in [-0.1, -0.05) is 26.0 Å². The van der Waals surface area contributed by atoms with Crippen molar-refractivity contribution in [3.8, 4) is 12.1 Å². The molecule has 6 nitrogen and oxygen atoms in total. The summed E-state index contributed by atoms with van der Waals surface area (Å²) in [4.78, 5) is 4.95. The summed E-state index contributed by atoms with van der Waals surface area (Å²) >= 11 is 0. The van der Waals surface area contributed by atoms with Gasteiger partial charge in [-0.05, 0) is 72.9 Å². The Morgan fingerprint density at radius 2 is 1.60 bits per heavy atom. The van der Waals surface area contributed by atoms with Gasteiger partial charge < -0.3 is 15.2 Å². The summed E-state index contributed by atoms with van der Waals surface area (Å²) in [5, 5.41) is 31.6. The number of aliphatic hydroxyl groups excluding tert-OH is 1. The second-order valence-corrected chi connectivity index (χ2v) is 8.34. The minimum atomic E-state index is -0.0624. The van der Waals surface area contributed by atoms with Gasteiger partial charge in [-0.2, -0.15) is 10.5 Å². The van der Waals surface area contributed by atoms with E-state index >= 15 is 0 Å². The van der Waals surface area contributed by atoms with E-state index in [1.54, 1.807) is 24.3 Å². The average Bonchev–Trinajstić information content (AvgIpc) is 3.76. The van der Waals surface area contributed by atoms with E-state index in [-0.39, 0.29) is 6.61 Å². The first-order chi connectivity index (χ1) is 17.1. The number of nitrogens with one attached hydrogen (secondary N) is 1. The number of hydrogen-bond acceptors (Lipinski definition) is 6. The van der Waals surface area contributed by atoms with E-state index in [0.29, 0.717) is 36.6 Å². The maximum Gasteiger partial charge on any atom is 0.122 e. The summed E-state index contributed by atoms with van der Waals surface area (Å²) in [5.74, 6) is 1.17. The minimum Gasteiger partial charge on any atom is -0.491 e. The second kappa shape index (κ2) is 12.6. The van der Waals surface area contributed by atoms with Crippen LogP contribution in [0.4, 0.5) is 5.69 Å². The monoisotopic (exact) mass is 468 g/mol. The number of aliphatic hydroxyl groups is 1. The van der Waals surface area contributed by atoms with Crippen LogP contribution in [0, 0.1) is 28.6 Å². The van der Waals surface area contributed by atoms with Crippen molar-refractivity contribution >= 4 is 11.4 Å². The quantitative estimate of drug-likeness (QED) is 0.505. The van der Waals surface area contributed by atoms with Gasteiger partial charge in [0.25, 0.3) is 0 Å². The van der Waals surface area contributed by atoms with Crippen LogP contribution in [0.2, 0.25) is 0 Å². The van der Waals surface area contributed by atoms with Crippen molar-refractivity contribution in [2.45, 2.75) is 46.6 Å². The zero-order chi connectivity index (χ0) is 25.2. The Morgan fingerprint density at radius 3 is 2.14 bits per heavy atom. The first-order valence-electron chi connectivity index (χ1n) is 12.1. The third-order valence-corrected chi connectivity index (χ3v) is 5.94. The van der Waals surface area contributed by atoms with Crippen molar-refractivity contribution in [3.05, 3.63) is 87.8 Å². The van der Waals surface area contributed by atoms with Crippen molar-refractivity contribution in [2.75, 3.05) is 18.5 Å². The highest BCUT2D eigenvalue weighted by molar-refractivity contribution is 6.05. The van der Waals surface area contributed by atoms with Crippen LogP contribution in [-0.2, 0) is 11.3 Å². The van der Waals surface area contributed by atoms with Crippen molar-refractivity contribution in [1.82, 2.24) is 0 Å². The van der Waals surface area contributed by atoms with Crippen LogP contribution in [0.5, 0.6) is 0 Å². The Labute approximate surface area is 207 Å². The average molecular weight is 469 g/mol. The lowest BCUT2D eigenvalue weighted by Gasteiger charge is -2.16. The number of ether oxygens (including phenoxy) is 1. The van der Waals surface area contributed by atoms with E-state index in [1.807, 2.05) is 45.0 Å². The molecule has 0 radical (unpaired) electrons. The number of benzene rings is 2. The van der Waals surface area contributed by atoms with Gasteiger partial charge in [0.15, 0.2) is 0 Å². The van der Waals surface area contributed by atoms with Crippen LogP contribution < -0.4 is 5.32 Å². The largest absolute Gasteiger partial charge is 0.491 e. The molecule has 0 atom stereocenters. The normalized spacial score (nSPS) is 15.2. The standard InChI is InChI=1S/C27H26N4O2.C2H6/c1-18-26(33-17-21-4-2-19(13-28)3-5-21)12-23(16-32)25(27(31-18)22-8-9-22)15-30-24-10-6-20(14-29)7-11-24;1-2/h2-7,10-11,22,30,32H,8-9,12,15-17H2,1H3;1-2H3. The molecule has 1 aliphatic carbocycles. The fourth-order valence-corrected chi connectivity index (χ4v) is 3.84. The number of allylic oxidation sites excluding steroid dienone is 2. The summed E-state index contributed by atoms with van der Waals surface area (Å²) in [6, 6.07) is 18.9. The van der Waals surface area contributed by atoms with Crippen molar-refractivity contribution in [3.63, 3.8) is 0 Å². The lowest BCUT2D eigenvalue weighted by molar-refractivity contribution is 0.186. The van der Waals surface area contributed by atoms with Crippen LogP contribution in [0.25, 0.3) is 0 Å². The molecule has 0 unspecified atom stereocenters. The fourth-order valence-electron chi connectivity index (χ4n) is 3.84. The third-order valence-electron chi connectivity index (χ3n) is 5.94. The van der Waals surface area contributed by atoms with E-state index in [2.05, 4.69) is 17.5 Å². The Morgan fingerprint density at radius 1 is 1.00 bits per heavy atom. The van der Waals surface area contributed by atoms with Crippen LogP contribution in [0.1, 0.15) is 56.7 Å². The number of nitrogens with zero attached hydrogens (tertiary/aromatic N) is 3. The van der Waals surface area contributed by atoms with Gasteiger partial charge in [0, 0.05) is 30.3 Å². The molecule has 35 heavy (non-hydrogen) atoms. The van der Waals surface area contributed by atoms with E-state index < -0.39 is 0 Å². The molecule has 1 saturated carbocycles. The van der Waals surface area contributed by atoms with Crippen LogP contribution in [-0.4, -0.2) is 24.0 Å². The Balaban J connectivity index is 0.00000167. The highest BCUT2D eigenvalue weighted by Crippen LogP contribution is 2.38. The first-order valence-corrected chi connectivity index (χ1v) is 12.1. The highest BCUT2D eigenvalue weighted by Gasteiger charge is 2.33. The SMILES string of the molecule is CC.CC1=C(OCc2ccc(C#N)cc2)CC(CO)=C(CNc2ccc(C#N)cc2)C(C2CC2)=N1. The lowest BCUT2D eigenvalue weighted by atomic mass is 9.98. The maximum atomic E-state index is 10.2. The predicted octanol–water partition coefficient (Wildman–Crippen LogP) is 5.86. The van der Waals surface area contributed by atoms with Crippen LogP contribution >= 0.6 is 0 Å². The summed E-state index contributed by atoms with van der Waals surface area (Å²) in [5.41, 5.74) is 6.96. The molecular weight excluding hydrogens is 436 g/mol. The van der Waals surface area contributed by atoms with Gasteiger partial charge in [0.2, 0.25) is 0 Å². The molecule has 2 aromatic rings. The maximum absolute atomic E-state index is 10.2. The van der Waals surface area contributed by atoms with Gasteiger partial charge in [-0.25, -0.2) is 0 Å². The van der Waals surface area contributed by atoms with E-state index in [1.165, 1.54) is 0 Å². The van der Waals surface area contributed by atoms with Crippen LogP contribution in [0.15, 0.2) is 76.1 Å². The zero-order valence-corrected chi connectivity index (χ0v) is 20.6. The molecule has 1 aliphatic heterocycles. The second-order valence-electron chi connectivity index (χ2n) is 8.34. The third kappa shape index (κ3) is 6.82. The number of anilines is 1. The molecule has 0 aromatic heterocycles. The Hall–Kier alpha value is -3.87. The van der Waals surface area contributed by atoms with Gasteiger partial charge in [-0.15, -0.1) is 0 Å². The van der Waals surface area contributed by atoms with Gasteiger partial charge in [-0.3, -0.25) is 4.99 Å². The number of nitriles is 2. The fraction of sp³-hybridized carbons (Fsp3) is 0.345. The minimum absolute atomic E-state index is 0.0624. The molecule has 0 bridgehead atoms. The zero-order valence-electron chi connectivity index (χ0n) is 20.6. The number of aliphatic imine (C=N–C) groups is 1. The molecule has 180 valence electrons. The molecule has 1 fully saturated rings. The predicted molar refractivity (Wildman–Crippen MR) is 139 cm³/mol. The lowest BCUT2D eigenvalue weighted by Crippen LogP contribution is -2.18. The molecule has 0 saturated heterocycles. The van der Waals surface area contributed by atoms with E-state index in [4.69, 9.17) is 20.3 Å². The van der Waals surface area contributed by atoms with Crippen molar-refractivity contribution < 1.29 is 9.84 Å². The number of hydrogen-bond donors (Lipinski definition) is 2. The smallest absolute Gasteiger partial charge is 0.122 e. The number of rotatable bonds is 8. The summed E-state index contributed by atoms with van der Waals surface area (Å²) in [7, 11) is 0. The van der Waals surface area contributed by atoms with Gasteiger partial charge >= 0.3 is 0 Å². The molecule has 1 heterocycles. The van der Waals surface area contributed by atoms with Gasteiger partial charge in [0.1, 0.15) is 12.4 Å². The molecular formula is C29H32N4O2.